The van der Waals surface area contributed by atoms with Crippen LogP contribution in [0.2, 0.25) is 0 Å². The van der Waals surface area contributed by atoms with Gasteiger partial charge in [0.1, 0.15) is 0 Å². The minimum atomic E-state index is -2.68. The summed E-state index contributed by atoms with van der Waals surface area (Å²) in [6.45, 7) is 0. The van der Waals surface area contributed by atoms with Crippen molar-refractivity contribution in [1.29, 1.82) is 0 Å². The summed E-state index contributed by atoms with van der Waals surface area (Å²) < 4.78 is 26.0. The number of ketones is 1. The number of benzene rings is 2. The molecule has 0 saturated heterocycles. The highest BCUT2D eigenvalue weighted by Crippen LogP contribution is 2.20. The summed E-state index contributed by atoms with van der Waals surface area (Å²) in [7, 11) is -1.41. The zero-order valence-corrected chi connectivity index (χ0v) is 11.5. The van der Waals surface area contributed by atoms with E-state index >= 15 is 0 Å². The topological polar surface area (TPSA) is 20.3 Å². The third kappa shape index (κ3) is 3.78. The van der Waals surface area contributed by atoms with E-state index in [4.69, 9.17) is 0 Å². The Morgan fingerprint density at radius 3 is 1.90 bits per heavy atom. The maximum absolute atomic E-state index is 13.0. The Morgan fingerprint density at radius 2 is 1.43 bits per heavy atom. The number of rotatable bonds is 5. The van der Waals surface area contributed by atoms with Crippen molar-refractivity contribution >= 4 is 18.9 Å². The predicted molar refractivity (Wildman–Crippen MR) is 80.9 cm³/mol. The fourth-order valence-corrected chi connectivity index (χ4v) is 1.91. The molecule has 0 unspecified atom stereocenters. The van der Waals surface area contributed by atoms with Crippen LogP contribution in [0.15, 0.2) is 66.7 Å². The molecule has 0 aromatic heterocycles. The minimum Gasteiger partial charge on any atom is -0.359 e. The molecule has 0 aliphatic carbocycles. The summed E-state index contributed by atoms with van der Waals surface area (Å²) in [4.78, 5) is 13.0. The van der Waals surface area contributed by atoms with E-state index < -0.39 is 7.40 Å². The number of hydrogen-bond acceptors (Lipinski definition) is 2. The van der Waals surface area contributed by atoms with Crippen molar-refractivity contribution in [1.82, 2.24) is 4.81 Å². The molecule has 2 aromatic rings. The zero-order chi connectivity index (χ0) is 15.2. The van der Waals surface area contributed by atoms with Gasteiger partial charge in [-0.3, -0.25) is 13.4 Å². The molecule has 0 saturated carbocycles. The highest BCUT2D eigenvalue weighted by Gasteiger charge is 2.25. The van der Waals surface area contributed by atoms with Gasteiger partial charge in [0.25, 0.3) is 0 Å². The quantitative estimate of drug-likeness (QED) is 0.473. The molecule has 0 spiro atoms. The van der Waals surface area contributed by atoms with Crippen molar-refractivity contribution in [2.45, 2.75) is 0 Å². The van der Waals surface area contributed by atoms with Gasteiger partial charge in [0, 0.05) is 17.3 Å². The Balaban J connectivity index is 2.40. The van der Waals surface area contributed by atoms with Gasteiger partial charge >= 0.3 is 7.40 Å². The van der Waals surface area contributed by atoms with Crippen LogP contribution in [0, 0.1) is 0 Å². The van der Waals surface area contributed by atoms with Crippen LogP contribution in [-0.2, 0) is 0 Å². The van der Waals surface area contributed by atoms with Crippen LogP contribution in [0.25, 0.3) is 5.70 Å². The van der Waals surface area contributed by atoms with Crippen LogP contribution in [-0.4, -0.2) is 25.0 Å². The van der Waals surface area contributed by atoms with Crippen LogP contribution >= 0.6 is 0 Å². The van der Waals surface area contributed by atoms with Gasteiger partial charge in [-0.15, -0.1) is 0 Å². The van der Waals surface area contributed by atoms with Gasteiger partial charge in [0.15, 0.2) is 5.78 Å². The maximum atomic E-state index is 13.0. The molecule has 2 nitrogen and oxygen atoms in total. The van der Waals surface area contributed by atoms with Crippen LogP contribution in [0.5, 0.6) is 0 Å². The van der Waals surface area contributed by atoms with Crippen LogP contribution < -0.4 is 0 Å². The molecule has 0 heterocycles. The second-order valence-corrected chi connectivity index (χ2v) is 4.51. The van der Waals surface area contributed by atoms with Crippen molar-refractivity contribution in [3.05, 3.63) is 77.9 Å². The van der Waals surface area contributed by atoms with Crippen molar-refractivity contribution in [3.63, 3.8) is 0 Å². The van der Waals surface area contributed by atoms with Gasteiger partial charge in [-0.1, -0.05) is 60.7 Å². The molecule has 21 heavy (non-hydrogen) atoms. The second-order valence-electron chi connectivity index (χ2n) is 4.51. The Bertz CT molecular complexity index is 629. The zero-order valence-electron chi connectivity index (χ0n) is 11.5. The number of nitrogens with zero attached hydrogens (tertiary/aromatic N) is 1. The molecule has 0 atom stereocenters. The number of halogens is 2. The highest BCUT2D eigenvalue weighted by atomic mass is 19.2. The van der Waals surface area contributed by atoms with Gasteiger partial charge in [0.2, 0.25) is 0 Å². The lowest BCUT2D eigenvalue weighted by Gasteiger charge is -2.20. The summed E-state index contributed by atoms with van der Waals surface area (Å²) in [6, 6.07) is 17.3. The van der Waals surface area contributed by atoms with E-state index in [-0.39, 0.29) is 11.5 Å². The van der Waals surface area contributed by atoms with Crippen molar-refractivity contribution in [2.24, 2.45) is 0 Å². The van der Waals surface area contributed by atoms with Gasteiger partial charge in [-0.25, -0.2) is 0 Å². The first-order valence-corrected chi connectivity index (χ1v) is 6.47. The summed E-state index contributed by atoms with van der Waals surface area (Å²) >= 11 is 0. The Morgan fingerprint density at radius 1 is 0.952 bits per heavy atom. The van der Waals surface area contributed by atoms with E-state index in [1.807, 2.05) is 0 Å². The number of carbonyl (C=O) groups is 1. The third-order valence-corrected chi connectivity index (χ3v) is 3.07. The molecule has 0 radical (unpaired) electrons. The van der Waals surface area contributed by atoms with E-state index in [1.54, 1.807) is 60.7 Å². The van der Waals surface area contributed by atoms with E-state index in [0.29, 0.717) is 11.1 Å². The largest absolute Gasteiger partial charge is 0.673 e. The molecule has 2 aromatic carbocycles. The number of allylic oxidation sites excluding steroid dienone is 1. The van der Waals surface area contributed by atoms with Crippen molar-refractivity contribution in [2.75, 3.05) is 7.05 Å². The monoisotopic (exact) mass is 285 g/mol. The van der Waals surface area contributed by atoms with E-state index in [2.05, 4.69) is 0 Å². The molecule has 0 fully saturated rings. The van der Waals surface area contributed by atoms with Gasteiger partial charge in [-0.05, 0) is 12.6 Å². The number of hydrogen-bond donors (Lipinski definition) is 0. The van der Waals surface area contributed by atoms with Crippen molar-refractivity contribution < 1.29 is 13.4 Å². The molecule has 0 N–H and O–H groups in total. The summed E-state index contributed by atoms with van der Waals surface area (Å²) in [5, 5.41) is 0. The lowest BCUT2D eigenvalue weighted by atomic mass is 10.0. The molecule has 0 bridgehead atoms. The third-order valence-electron chi connectivity index (χ3n) is 3.07. The Labute approximate surface area is 122 Å². The Hall–Kier alpha value is -2.43. The van der Waals surface area contributed by atoms with Gasteiger partial charge in [0.05, 0.1) is 0 Å². The van der Waals surface area contributed by atoms with E-state index in [1.165, 1.54) is 13.1 Å². The fraction of sp³-hybridized carbons (Fsp3) is 0.0625. The normalized spacial score (nSPS) is 11.1. The summed E-state index contributed by atoms with van der Waals surface area (Å²) in [6.07, 6.45) is 1.25. The van der Waals surface area contributed by atoms with Crippen LogP contribution in [0.3, 0.4) is 0 Å². The first-order chi connectivity index (χ1) is 10.1. The minimum absolute atomic E-state index is 0.194. The molecule has 0 amide bonds. The average Bonchev–Trinajstić information content (AvgIpc) is 2.53. The van der Waals surface area contributed by atoms with Gasteiger partial charge < -0.3 is 4.81 Å². The molecule has 5 heteroatoms. The van der Waals surface area contributed by atoms with Crippen molar-refractivity contribution in [3.8, 4) is 0 Å². The molecule has 2 rings (SSSR count). The number of carbonyl (C=O) groups excluding carboxylic acids is 1. The molecule has 106 valence electrons. The smallest absolute Gasteiger partial charge is 0.359 e. The first kappa shape index (κ1) is 15.0. The predicted octanol–water partition coefficient (Wildman–Crippen LogP) is 3.77. The van der Waals surface area contributed by atoms with Gasteiger partial charge in [-0.2, -0.15) is 0 Å². The second kappa shape index (κ2) is 6.84. The van der Waals surface area contributed by atoms with Crippen LogP contribution in [0.4, 0.5) is 8.63 Å². The summed E-state index contributed by atoms with van der Waals surface area (Å²) in [5.41, 5.74) is 1.23. The molecule has 0 aliphatic rings. The molecule has 0 aliphatic heterocycles. The van der Waals surface area contributed by atoms with Crippen LogP contribution in [0.1, 0.15) is 15.9 Å². The molecular formula is C16H14BF2NO. The Kier molecular flexibility index (Phi) is 4.87. The average molecular weight is 285 g/mol. The summed E-state index contributed by atoms with van der Waals surface area (Å²) in [5.74, 6) is -0.304. The fourth-order valence-electron chi connectivity index (χ4n) is 1.91. The standard InChI is InChI=1S/C16H14BF2NO/c1-20(17(18)19)15(13-8-4-2-5-9-13)12-16(21)14-10-6-3-7-11-14/h2-12H,1H3/b15-12-. The first-order valence-electron chi connectivity index (χ1n) is 6.47. The van der Waals surface area contributed by atoms with E-state index in [0.717, 1.165) is 4.81 Å². The maximum Gasteiger partial charge on any atom is 0.673 e. The highest BCUT2D eigenvalue weighted by molar-refractivity contribution is 6.41. The lowest BCUT2D eigenvalue weighted by molar-refractivity contribution is 0.104. The van der Waals surface area contributed by atoms with E-state index in [9.17, 15) is 13.4 Å². The SMILES string of the molecule is CN(B(F)F)/C(=C\C(=O)c1ccccc1)c1ccccc1. The molecular weight excluding hydrogens is 271 g/mol. The lowest BCUT2D eigenvalue weighted by Crippen LogP contribution is -2.27.